The van der Waals surface area contributed by atoms with Gasteiger partial charge < -0.3 is 4.40 Å². The largest absolute Gasteiger partial charge is 0.302 e. The van der Waals surface area contributed by atoms with Gasteiger partial charge >= 0.3 is 0 Å². The average Bonchev–Trinajstić information content (AvgIpc) is 2.45. The molecule has 0 N–H and O–H groups in total. The zero-order valence-electron chi connectivity index (χ0n) is 7.66. The van der Waals surface area contributed by atoms with Gasteiger partial charge in [0.25, 0.3) is 0 Å². The molecule has 2 aromatic heterocycles. The molecule has 0 spiro atoms. The summed E-state index contributed by atoms with van der Waals surface area (Å²) in [7, 11) is 0. The molecule has 2 nitrogen and oxygen atoms in total. The molecule has 0 fully saturated rings. The maximum atomic E-state index is 6.22. The number of nitrogens with zero attached hydrogens (tertiary/aromatic N) is 2. The van der Waals surface area contributed by atoms with E-state index in [0.29, 0.717) is 0 Å². The summed E-state index contributed by atoms with van der Waals surface area (Å²) in [6, 6.07) is 5.90. The van der Waals surface area contributed by atoms with Gasteiger partial charge in [-0.1, -0.05) is 6.07 Å². The first-order chi connectivity index (χ1) is 6.09. The van der Waals surface area contributed by atoms with E-state index in [4.69, 9.17) is 11.6 Å². The number of rotatable bonds is 1. The van der Waals surface area contributed by atoms with Crippen LogP contribution in [0.2, 0.25) is 0 Å². The lowest BCUT2D eigenvalue weighted by Gasteiger charge is -2.14. The first-order valence-corrected chi connectivity index (χ1v) is 4.58. The van der Waals surface area contributed by atoms with E-state index in [0.717, 1.165) is 11.3 Å². The number of pyridine rings is 1. The second-order valence-corrected chi connectivity index (χ2v) is 4.49. The zero-order chi connectivity index (χ0) is 9.47. The Labute approximate surface area is 82.2 Å². The van der Waals surface area contributed by atoms with Crippen LogP contribution in [0.5, 0.6) is 0 Å². The van der Waals surface area contributed by atoms with Crippen LogP contribution in [0.3, 0.4) is 0 Å². The molecule has 0 atom stereocenters. The van der Waals surface area contributed by atoms with Crippen LogP contribution in [0.4, 0.5) is 0 Å². The lowest BCUT2D eigenvalue weighted by molar-refractivity contribution is 0.722. The molecule has 0 amide bonds. The van der Waals surface area contributed by atoms with Crippen molar-refractivity contribution < 1.29 is 0 Å². The monoisotopic (exact) mass is 194 g/mol. The molecule has 2 heterocycles. The van der Waals surface area contributed by atoms with Gasteiger partial charge in [-0.3, -0.25) is 0 Å². The van der Waals surface area contributed by atoms with Gasteiger partial charge in [0.2, 0.25) is 0 Å². The Kier molecular flexibility index (Phi) is 1.81. The van der Waals surface area contributed by atoms with Gasteiger partial charge in [-0.15, -0.1) is 11.6 Å². The Morgan fingerprint density at radius 1 is 1.38 bits per heavy atom. The molecule has 0 aromatic carbocycles. The summed E-state index contributed by atoms with van der Waals surface area (Å²) in [6.45, 7) is 3.93. The van der Waals surface area contributed by atoms with E-state index in [1.54, 1.807) is 0 Å². The topological polar surface area (TPSA) is 17.3 Å². The van der Waals surface area contributed by atoms with Gasteiger partial charge in [-0.2, -0.15) is 0 Å². The van der Waals surface area contributed by atoms with Crippen LogP contribution in [0, 0.1) is 0 Å². The van der Waals surface area contributed by atoms with E-state index in [1.807, 2.05) is 48.8 Å². The number of alkyl halides is 1. The van der Waals surface area contributed by atoms with E-state index < -0.39 is 0 Å². The van der Waals surface area contributed by atoms with Gasteiger partial charge in [0.1, 0.15) is 5.65 Å². The predicted molar refractivity (Wildman–Crippen MR) is 54.1 cm³/mol. The van der Waals surface area contributed by atoms with Crippen LogP contribution < -0.4 is 0 Å². The molecule has 2 rings (SSSR count). The highest BCUT2D eigenvalue weighted by molar-refractivity contribution is 6.23. The minimum Gasteiger partial charge on any atom is -0.302 e. The fourth-order valence-corrected chi connectivity index (χ4v) is 1.51. The molecule has 2 aromatic rings. The smallest absolute Gasteiger partial charge is 0.136 e. The molecular formula is C10H11ClN2. The highest BCUT2D eigenvalue weighted by Gasteiger charge is 2.20. The minimum absolute atomic E-state index is 0.374. The Hall–Kier alpha value is -1.02. The molecule has 0 bridgehead atoms. The van der Waals surface area contributed by atoms with Crippen molar-refractivity contribution in [2.75, 3.05) is 0 Å². The second-order valence-electron chi connectivity index (χ2n) is 3.54. The summed E-state index contributed by atoms with van der Waals surface area (Å²) >= 11 is 6.22. The Morgan fingerprint density at radius 2 is 2.15 bits per heavy atom. The highest BCUT2D eigenvalue weighted by Crippen LogP contribution is 2.27. The molecule has 3 heteroatoms. The number of aromatic nitrogens is 2. The second kappa shape index (κ2) is 2.74. The third-order valence-corrected chi connectivity index (χ3v) is 2.22. The normalized spacial score (nSPS) is 12.2. The molecule has 0 aliphatic carbocycles. The van der Waals surface area contributed by atoms with E-state index in [9.17, 15) is 0 Å². The third-order valence-electron chi connectivity index (χ3n) is 2.03. The number of fused-ring (bicyclic) bond motifs is 1. The zero-order valence-corrected chi connectivity index (χ0v) is 8.42. The van der Waals surface area contributed by atoms with Gasteiger partial charge in [-0.25, -0.2) is 4.98 Å². The SMILES string of the molecule is CC(C)(Cl)c1cnc2ccccn12. The summed E-state index contributed by atoms with van der Waals surface area (Å²) in [5.74, 6) is 0. The van der Waals surface area contributed by atoms with Gasteiger partial charge in [0.15, 0.2) is 0 Å². The lowest BCUT2D eigenvalue weighted by Crippen LogP contribution is -2.10. The van der Waals surface area contributed by atoms with Crippen molar-refractivity contribution in [1.82, 2.24) is 9.38 Å². The Bertz CT molecular complexity index is 426. The summed E-state index contributed by atoms with van der Waals surface area (Å²) in [6.07, 6.45) is 3.80. The standard InChI is InChI=1S/C10H11ClN2/c1-10(2,11)8-7-12-9-5-3-4-6-13(8)9/h3-7H,1-2H3. The van der Waals surface area contributed by atoms with Crippen LogP contribution in [-0.2, 0) is 4.87 Å². The summed E-state index contributed by atoms with van der Waals surface area (Å²) in [5, 5.41) is 0. The first kappa shape index (κ1) is 8.57. The van der Waals surface area contributed by atoms with Crippen LogP contribution >= 0.6 is 11.6 Å². The van der Waals surface area contributed by atoms with E-state index in [-0.39, 0.29) is 4.87 Å². The summed E-state index contributed by atoms with van der Waals surface area (Å²) in [5.41, 5.74) is 1.95. The molecule has 0 aliphatic rings. The molecular weight excluding hydrogens is 184 g/mol. The average molecular weight is 195 g/mol. The maximum Gasteiger partial charge on any atom is 0.136 e. The number of halogens is 1. The number of imidazole rings is 1. The van der Waals surface area contributed by atoms with E-state index >= 15 is 0 Å². The van der Waals surface area contributed by atoms with Gasteiger partial charge in [0.05, 0.1) is 16.8 Å². The predicted octanol–water partition coefficient (Wildman–Crippen LogP) is 2.81. The number of hydrogen-bond donors (Lipinski definition) is 0. The fourth-order valence-electron chi connectivity index (χ4n) is 1.37. The van der Waals surface area contributed by atoms with Gasteiger partial charge in [0, 0.05) is 6.20 Å². The van der Waals surface area contributed by atoms with Crippen molar-refractivity contribution in [2.24, 2.45) is 0 Å². The maximum absolute atomic E-state index is 6.22. The van der Waals surface area contributed by atoms with Gasteiger partial charge in [-0.05, 0) is 26.0 Å². The Morgan fingerprint density at radius 3 is 2.85 bits per heavy atom. The third kappa shape index (κ3) is 1.42. The van der Waals surface area contributed by atoms with Crippen molar-refractivity contribution in [3.05, 3.63) is 36.3 Å². The fraction of sp³-hybridized carbons (Fsp3) is 0.300. The molecule has 0 unspecified atom stereocenters. The summed E-state index contributed by atoms with van der Waals surface area (Å²) in [4.78, 5) is 3.89. The van der Waals surface area contributed by atoms with Crippen LogP contribution in [0.15, 0.2) is 30.6 Å². The van der Waals surface area contributed by atoms with Crippen molar-refractivity contribution in [3.8, 4) is 0 Å². The molecule has 0 saturated heterocycles. The van der Waals surface area contributed by atoms with Crippen molar-refractivity contribution in [1.29, 1.82) is 0 Å². The van der Waals surface area contributed by atoms with E-state index in [1.165, 1.54) is 0 Å². The quantitative estimate of drug-likeness (QED) is 0.639. The van der Waals surface area contributed by atoms with Crippen LogP contribution in [-0.4, -0.2) is 9.38 Å². The molecule has 0 saturated carbocycles. The molecule has 0 radical (unpaired) electrons. The van der Waals surface area contributed by atoms with Crippen molar-refractivity contribution in [2.45, 2.75) is 18.7 Å². The van der Waals surface area contributed by atoms with E-state index in [2.05, 4.69) is 4.98 Å². The van der Waals surface area contributed by atoms with Crippen molar-refractivity contribution >= 4 is 17.2 Å². The first-order valence-electron chi connectivity index (χ1n) is 4.20. The Balaban J connectivity index is 2.72. The number of hydrogen-bond acceptors (Lipinski definition) is 1. The summed E-state index contributed by atoms with van der Waals surface area (Å²) < 4.78 is 2.01. The lowest BCUT2D eigenvalue weighted by atomic mass is 10.1. The van der Waals surface area contributed by atoms with Crippen molar-refractivity contribution in [3.63, 3.8) is 0 Å². The minimum atomic E-state index is -0.374. The molecule has 68 valence electrons. The van der Waals surface area contributed by atoms with Crippen LogP contribution in [0.1, 0.15) is 19.5 Å². The molecule has 0 aliphatic heterocycles. The van der Waals surface area contributed by atoms with Crippen LogP contribution in [0.25, 0.3) is 5.65 Å². The molecule has 13 heavy (non-hydrogen) atoms. The highest BCUT2D eigenvalue weighted by atomic mass is 35.5.